The average Bonchev–Trinajstić information content (AvgIpc) is 3.17. The Balaban J connectivity index is 1.54. The molecule has 1 fully saturated rings. The number of rotatable bonds is 7. The summed E-state index contributed by atoms with van der Waals surface area (Å²) in [6.45, 7) is 7.17. The van der Waals surface area contributed by atoms with Crippen molar-refractivity contribution in [2.24, 2.45) is 0 Å². The maximum Gasteiger partial charge on any atom is 0.258 e. The second-order valence-electron chi connectivity index (χ2n) is 7.19. The number of quaternary nitrogens is 2. The second-order valence-corrected chi connectivity index (χ2v) is 8.60. The Morgan fingerprint density at radius 2 is 2.07 bits per heavy atom. The van der Waals surface area contributed by atoms with E-state index in [2.05, 4.69) is 29.9 Å². The van der Waals surface area contributed by atoms with Gasteiger partial charge >= 0.3 is 0 Å². The van der Waals surface area contributed by atoms with Gasteiger partial charge < -0.3 is 19.9 Å². The molecule has 27 heavy (non-hydrogen) atoms. The van der Waals surface area contributed by atoms with Gasteiger partial charge in [-0.2, -0.15) is 0 Å². The van der Waals surface area contributed by atoms with Crippen LogP contribution in [0.1, 0.15) is 16.5 Å². The van der Waals surface area contributed by atoms with Gasteiger partial charge in [0.2, 0.25) is 0 Å². The lowest BCUT2D eigenvalue weighted by Crippen LogP contribution is -3.27. The monoisotopic (exact) mass is 409 g/mol. The zero-order chi connectivity index (χ0) is 19.2. The van der Waals surface area contributed by atoms with E-state index in [1.165, 1.54) is 18.0 Å². The minimum absolute atomic E-state index is 0.0157. The first-order chi connectivity index (χ1) is 13.0. The highest BCUT2D eigenvalue weighted by Gasteiger charge is 2.30. The number of amides is 1. The van der Waals surface area contributed by atoms with E-state index < -0.39 is 0 Å². The molecule has 1 atom stereocenters. The highest BCUT2D eigenvalue weighted by molar-refractivity contribution is 7.10. The third-order valence-corrected chi connectivity index (χ3v) is 6.35. The molecule has 2 aromatic rings. The normalized spacial score (nSPS) is 20.9. The van der Waals surface area contributed by atoms with Crippen LogP contribution in [-0.2, 0) is 4.79 Å². The van der Waals surface area contributed by atoms with Crippen molar-refractivity contribution in [1.29, 1.82) is 0 Å². The number of piperazine rings is 1. The number of thiophene rings is 1. The van der Waals surface area contributed by atoms with E-state index in [9.17, 15) is 4.79 Å². The molecule has 0 saturated carbocycles. The predicted molar refractivity (Wildman–Crippen MR) is 109 cm³/mol. The molecule has 7 heteroatoms. The van der Waals surface area contributed by atoms with Crippen LogP contribution in [0.25, 0.3) is 0 Å². The van der Waals surface area contributed by atoms with Crippen molar-refractivity contribution in [3.8, 4) is 5.75 Å². The Hall–Kier alpha value is -1.60. The molecular formula is C20H28ClN3O2S+2. The van der Waals surface area contributed by atoms with Gasteiger partial charge in [-0.15, -0.1) is 11.3 Å². The quantitative estimate of drug-likeness (QED) is 0.618. The summed E-state index contributed by atoms with van der Waals surface area (Å²) in [7, 11) is 2.24. The predicted octanol–water partition coefficient (Wildman–Crippen LogP) is 0.359. The van der Waals surface area contributed by atoms with Crippen LogP contribution in [0.2, 0.25) is 5.02 Å². The molecule has 146 valence electrons. The lowest BCUT2D eigenvalue weighted by atomic mass is 10.1. The van der Waals surface area contributed by atoms with E-state index in [1.807, 2.05) is 13.0 Å². The van der Waals surface area contributed by atoms with Crippen LogP contribution in [-0.4, -0.2) is 52.3 Å². The van der Waals surface area contributed by atoms with Gasteiger partial charge in [-0.3, -0.25) is 4.79 Å². The van der Waals surface area contributed by atoms with Crippen LogP contribution in [0, 0.1) is 6.92 Å². The summed E-state index contributed by atoms with van der Waals surface area (Å²) in [6.07, 6.45) is 0. The number of benzene rings is 1. The zero-order valence-electron chi connectivity index (χ0n) is 15.9. The van der Waals surface area contributed by atoms with Crippen molar-refractivity contribution in [2.45, 2.75) is 13.0 Å². The summed E-state index contributed by atoms with van der Waals surface area (Å²) >= 11 is 7.73. The van der Waals surface area contributed by atoms with Gasteiger partial charge in [0.15, 0.2) is 6.61 Å². The van der Waals surface area contributed by atoms with Crippen LogP contribution in [0.4, 0.5) is 0 Å². The Morgan fingerprint density at radius 3 is 2.74 bits per heavy atom. The fraction of sp³-hybridized carbons (Fsp3) is 0.450. The molecule has 3 rings (SSSR count). The molecule has 1 amide bonds. The third-order valence-electron chi connectivity index (χ3n) is 5.12. The van der Waals surface area contributed by atoms with Gasteiger partial charge in [-0.05, 0) is 42.1 Å². The van der Waals surface area contributed by atoms with Gasteiger partial charge in [0.25, 0.3) is 5.91 Å². The topological polar surface area (TPSA) is 47.2 Å². The van der Waals surface area contributed by atoms with Crippen LogP contribution >= 0.6 is 22.9 Å². The van der Waals surface area contributed by atoms with Gasteiger partial charge in [-0.1, -0.05) is 17.7 Å². The van der Waals surface area contributed by atoms with Gasteiger partial charge in [0.1, 0.15) is 38.0 Å². The SMILES string of the molecule is Cc1cc(Cl)ccc1OCC(=O)NC[C@@H](c1cccs1)[NH+]1CC[NH+](C)CC1. The first-order valence-electron chi connectivity index (χ1n) is 9.38. The molecule has 0 spiro atoms. The number of nitrogens with one attached hydrogen (secondary N) is 3. The van der Waals surface area contributed by atoms with E-state index in [0.717, 1.165) is 18.7 Å². The van der Waals surface area contributed by atoms with Crippen LogP contribution in [0.15, 0.2) is 35.7 Å². The summed E-state index contributed by atoms with van der Waals surface area (Å²) in [5.41, 5.74) is 0.927. The van der Waals surface area contributed by atoms with Crippen LogP contribution in [0.5, 0.6) is 5.75 Å². The molecule has 1 saturated heterocycles. The maximum absolute atomic E-state index is 12.3. The molecule has 1 aromatic heterocycles. The summed E-state index contributed by atoms with van der Waals surface area (Å²) in [5, 5.41) is 5.84. The number of carbonyl (C=O) groups is 1. The number of hydrogen-bond donors (Lipinski definition) is 3. The van der Waals surface area contributed by atoms with E-state index in [-0.39, 0.29) is 12.5 Å². The summed E-state index contributed by atoms with van der Waals surface area (Å²) in [5.74, 6) is 0.599. The molecule has 5 nitrogen and oxygen atoms in total. The van der Waals surface area contributed by atoms with Crippen molar-refractivity contribution < 1.29 is 19.3 Å². The summed E-state index contributed by atoms with van der Waals surface area (Å²) in [6, 6.07) is 9.97. The number of hydrogen-bond acceptors (Lipinski definition) is 3. The molecule has 0 unspecified atom stereocenters. The summed E-state index contributed by atoms with van der Waals surface area (Å²) in [4.78, 5) is 16.8. The highest BCUT2D eigenvalue weighted by atomic mass is 35.5. The van der Waals surface area contributed by atoms with Gasteiger partial charge in [0, 0.05) is 5.02 Å². The largest absolute Gasteiger partial charge is 0.484 e. The van der Waals surface area contributed by atoms with E-state index in [1.54, 1.807) is 33.3 Å². The minimum Gasteiger partial charge on any atom is -0.484 e. The van der Waals surface area contributed by atoms with Crippen LogP contribution < -0.4 is 19.9 Å². The number of likely N-dealkylation sites (N-methyl/N-ethyl adjacent to an activating group) is 1. The molecule has 0 aliphatic carbocycles. The smallest absolute Gasteiger partial charge is 0.258 e. The number of aryl methyl sites for hydroxylation is 1. The molecule has 2 heterocycles. The Morgan fingerprint density at radius 1 is 1.30 bits per heavy atom. The fourth-order valence-electron chi connectivity index (χ4n) is 3.47. The van der Waals surface area contributed by atoms with Crippen molar-refractivity contribution >= 4 is 28.8 Å². The summed E-state index contributed by atoms with van der Waals surface area (Å²) < 4.78 is 5.66. The Bertz CT molecular complexity index is 746. The minimum atomic E-state index is -0.0925. The van der Waals surface area contributed by atoms with Crippen molar-refractivity contribution in [1.82, 2.24) is 5.32 Å². The van der Waals surface area contributed by atoms with Crippen molar-refractivity contribution in [3.63, 3.8) is 0 Å². The van der Waals surface area contributed by atoms with E-state index in [0.29, 0.717) is 23.4 Å². The third kappa shape index (κ3) is 5.69. The molecule has 3 N–H and O–H groups in total. The van der Waals surface area contributed by atoms with Crippen LogP contribution in [0.3, 0.4) is 0 Å². The number of ether oxygens (including phenoxy) is 1. The standard InChI is InChI=1S/C20H26ClN3O2S/c1-15-12-16(21)5-6-18(15)26-14-20(25)22-13-17(19-4-3-11-27-19)24-9-7-23(2)8-10-24/h3-6,11-12,17H,7-10,13-14H2,1-2H3,(H,22,25)/p+2/t17-/m0/s1. The number of halogens is 1. The molecule has 1 aromatic carbocycles. The molecule has 0 radical (unpaired) electrons. The highest BCUT2D eigenvalue weighted by Crippen LogP contribution is 2.21. The molecule has 0 bridgehead atoms. The molecular weight excluding hydrogens is 382 g/mol. The Labute approximate surface area is 169 Å². The Kier molecular flexibility index (Phi) is 7.13. The first kappa shape index (κ1) is 20.1. The van der Waals surface area contributed by atoms with Gasteiger partial charge in [-0.25, -0.2) is 0 Å². The maximum atomic E-state index is 12.3. The first-order valence-corrected chi connectivity index (χ1v) is 10.6. The molecule has 1 aliphatic heterocycles. The molecule has 1 aliphatic rings. The van der Waals surface area contributed by atoms with E-state index >= 15 is 0 Å². The van der Waals surface area contributed by atoms with Crippen molar-refractivity contribution in [2.75, 3.05) is 46.4 Å². The fourth-order valence-corrected chi connectivity index (χ4v) is 4.58. The average molecular weight is 410 g/mol. The number of carbonyl (C=O) groups excluding carboxylic acids is 1. The second kappa shape index (κ2) is 9.55. The lowest BCUT2D eigenvalue weighted by Gasteiger charge is -2.33. The zero-order valence-corrected chi connectivity index (χ0v) is 17.5. The van der Waals surface area contributed by atoms with E-state index in [4.69, 9.17) is 16.3 Å². The lowest BCUT2D eigenvalue weighted by molar-refractivity contribution is -1.02. The van der Waals surface area contributed by atoms with Crippen molar-refractivity contribution in [3.05, 3.63) is 51.2 Å². The van der Waals surface area contributed by atoms with Gasteiger partial charge in [0.05, 0.1) is 18.5 Å².